The summed E-state index contributed by atoms with van der Waals surface area (Å²) in [5, 5.41) is 0. The van der Waals surface area contributed by atoms with Crippen LogP contribution >= 0.6 is 0 Å². The van der Waals surface area contributed by atoms with E-state index in [1.54, 1.807) is 32.0 Å². The normalized spacial score (nSPS) is 13.1. The highest BCUT2D eigenvalue weighted by atomic mass is 32.2. The molecule has 0 fully saturated rings. The number of nitrogen functional groups attached to an aromatic ring is 1. The average Bonchev–Trinajstić information content (AvgIpc) is 2.37. The fourth-order valence-corrected chi connectivity index (χ4v) is 3.82. The summed E-state index contributed by atoms with van der Waals surface area (Å²) in [5.41, 5.74) is 9.01. The second-order valence-corrected chi connectivity index (χ2v) is 6.92. The van der Waals surface area contributed by atoms with Gasteiger partial charge < -0.3 is 5.73 Å². The van der Waals surface area contributed by atoms with Crippen LogP contribution in [-0.4, -0.2) is 8.42 Å². The van der Waals surface area contributed by atoms with Gasteiger partial charge in [-0.15, -0.1) is 0 Å². The molecule has 112 valence electrons. The van der Waals surface area contributed by atoms with Crippen molar-refractivity contribution in [1.82, 2.24) is 4.72 Å². The van der Waals surface area contributed by atoms with E-state index in [0.29, 0.717) is 10.6 Å². The molecule has 0 radical (unpaired) electrons. The van der Waals surface area contributed by atoms with E-state index in [-0.39, 0.29) is 0 Å². The number of hydrogen-bond donors (Lipinski definition) is 2. The zero-order valence-electron chi connectivity index (χ0n) is 12.4. The Balaban J connectivity index is 2.31. The molecule has 4 nitrogen and oxygen atoms in total. The lowest BCUT2D eigenvalue weighted by Gasteiger charge is -2.17. The molecule has 0 aromatic heterocycles. The minimum Gasteiger partial charge on any atom is -0.398 e. The van der Waals surface area contributed by atoms with Crippen molar-refractivity contribution < 1.29 is 8.42 Å². The first-order chi connectivity index (χ1) is 9.81. The molecule has 5 heteroatoms. The van der Waals surface area contributed by atoms with Crippen molar-refractivity contribution in [3.8, 4) is 0 Å². The van der Waals surface area contributed by atoms with Crippen LogP contribution in [0.3, 0.4) is 0 Å². The van der Waals surface area contributed by atoms with Gasteiger partial charge in [-0.2, -0.15) is 0 Å². The number of sulfonamides is 1. The lowest BCUT2D eigenvalue weighted by atomic mass is 10.1. The molecule has 0 aliphatic heterocycles. The van der Waals surface area contributed by atoms with Crippen LogP contribution in [0.1, 0.15) is 29.7 Å². The molecular weight excluding hydrogens is 284 g/mol. The number of anilines is 1. The summed E-state index contributed by atoms with van der Waals surface area (Å²) in [6, 6.07) is 12.1. The molecular formula is C16H20N2O2S. The number of hydrogen-bond acceptors (Lipinski definition) is 3. The molecule has 0 spiro atoms. The van der Waals surface area contributed by atoms with Crippen molar-refractivity contribution in [1.29, 1.82) is 0 Å². The van der Waals surface area contributed by atoms with Crippen LogP contribution in [0.2, 0.25) is 0 Å². The quantitative estimate of drug-likeness (QED) is 0.853. The van der Waals surface area contributed by atoms with Gasteiger partial charge >= 0.3 is 0 Å². The van der Waals surface area contributed by atoms with Crippen molar-refractivity contribution >= 4 is 15.7 Å². The van der Waals surface area contributed by atoms with Gasteiger partial charge in [-0.05, 0) is 44.0 Å². The SMILES string of the molecule is Cc1ccc(S(=O)(=O)NC(C)c2ccccc2N)c(C)c1. The Morgan fingerprint density at radius 3 is 2.38 bits per heavy atom. The lowest BCUT2D eigenvalue weighted by Crippen LogP contribution is -2.28. The minimum atomic E-state index is -3.58. The number of nitrogens with one attached hydrogen (secondary N) is 1. The first-order valence-corrected chi connectivity index (χ1v) is 8.23. The Kier molecular flexibility index (Phi) is 4.34. The number of aryl methyl sites for hydroxylation is 2. The number of rotatable bonds is 4. The maximum atomic E-state index is 12.5. The Labute approximate surface area is 126 Å². The van der Waals surface area contributed by atoms with E-state index >= 15 is 0 Å². The standard InChI is InChI=1S/C16H20N2O2S/c1-11-8-9-16(12(2)10-11)21(19,20)18-13(3)14-6-4-5-7-15(14)17/h4-10,13,18H,17H2,1-3H3. The monoisotopic (exact) mass is 304 g/mol. The molecule has 0 saturated heterocycles. The van der Waals surface area contributed by atoms with E-state index < -0.39 is 16.1 Å². The summed E-state index contributed by atoms with van der Waals surface area (Å²) in [7, 11) is -3.58. The second-order valence-electron chi connectivity index (χ2n) is 5.24. The van der Waals surface area contributed by atoms with Gasteiger partial charge in [0.15, 0.2) is 0 Å². The zero-order valence-corrected chi connectivity index (χ0v) is 13.2. The van der Waals surface area contributed by atoms with Gasteiger partial charge in [-0.3, -0.25) is 0 Å². The average molecular weight is 304 g/mol. The molecule has 0 heterocycles. The van der Waals surface area contributed by atoms with Gasteiger partial charge in [-0.25, -0.2) is 13.1 Å². The summed E-state index contributed by atoms with van der Waals surface area (Å²) in [6.45, 7) is 5.51. The molecule has 1 unspecified atom stereocenters. The minimum absolute atomic E-state index is 0.300. The predicted molar refractivity (Wildman–Crippen MR) is 85.5 cm³/mol. The molecule has 1 atom stereocenters. The summed E-state index contributed by atoms with van der Waals surface area (Å²) in [4.78, 5) is 0.300. The largest absolute Gasteiger partial charge is 0.398 e. The molecule has 2 rings (SSSR count). The van der Waals surface area contributed by atoms with Crippen molar-refractivity contribution in [3.63, 3.8) is 0 Å². The summed E-state index contributed by atoms with van der Waals surface area (Å²) < 4.78 is 27.7. The van der Waals surface area contributed by atoms with Gasteiger partial charge in [-0.1, -0.05) is 35.9 Å². The van der Waals surface area contributed by atoms with E-state index in [1.165, 1.54) is 0 Å². The molecule has 0 aliphatic carbocycles. The van der Waals surface area contributed by atoms with E-state index in [1.807, 2.05) is 31.2 Å². The molecule has 2 aromatic carbocycles. The number of benzene rings is 2. The van der Waals surface area contributed by atoms with Crippen molar-refractivity contribution in [2.45, 2.75) is 31.7 Å². The van der Waals surface area contributed by atoms with Crippen molar-refractivity contribution in [3.05, 3.63) is 59.2 Å². The van der Waals surface area contributed by atoms with Gasteiger partial charge in [0.05, 0.1) is 4.90 Å². The van der Waals surface area contributed by atoms with E-state index in [4.69, 9.17) is 5.73 Å². The second kappa shape index (κ2) is 5.87. The summed E-state index contributed by atoms with van der Waals surface area (Å²) >= 11 is 0. The molecule has 0 amide bonds. The zero-order chi connectivity index (χ0) is 15.6. The smallest absolute Gasteiger partial charge is 0.241 e. The molecule has 2 aromatic rings. The van der Waals surface area contributed by atoms with E-state index in [9.17, 15) is 8.42 Å². The molecule has 0 aliphatic rings. The van der Waals surface area contributed by atoms with Crippen LogP contribution in [0.5, 0.6) is 0 Å². The Hall–Kier alpha value is -1.85. The fourth-order valence-electron chi connectivity index (χ4n) is 2.37. The Morgan fingerprint density at radius 1 is 1.10 bits per heavy atom. The molecule has 0 bridgehead atoms. The molecule has 0 saturated carbocycles. The first-order valence-electron chi connectivity index (χ1n) is 6.75. The maximum absolute atomic E-state index is 12.5. The van der Waals surface area contributed by atoms with E-state index in [0.717, 1.165) is 16.7 Å². The van der Waals surface area contributed by atoms with Crippen molar-refractivity contribution in [2.24, 2.45) is 0 Å². The van der Waals surface area contributed by atoms with Crippen LogP contribution in [0.15, 0.2) is 47.4 Å². The number of para-hydroxylation sites is 1. The van der Waals surface area contributed by atoms with Gasteiger partial charge in [0.1, 0.15) is 0 Å². The molecule has 3 N–H and O–H groups in total. The highest BCUT2D eigenvalue weighted by molar-refractivity contribution is 7.89. The third-order valence-electron chi connectivity index (χ3n) is 3.41. The summed E-state index contributed by atoms with van der Waals surface area (Å²) in [6.07, 6.45) is 0. The van der Waals surface area contributed by atoms with Crippen LogP contribution in [0, 0.1) is 13.8 Å². The summed E-state index contributed by atoms with van der Waals surface area (Å²) in [5.74, 6) is 0. The lowest BCUT2D eigenvalue weighted by molar-refractivity contribution is 0.566. The third-order valence-corrected chi connectivity index (χ3v) is 5.12. The highest BCUT2D eigenvalue weighted by Gasteiger charge is 2.21. The van der Waals surface area contributed by atoms with Crippen LogP contribution in [0.4, 0.5) is 5.69 Å². The van der Waals surface area contributed by atoms with E-state index in [2.05, 4.69) is 4.72 Å². The fraction of sp³-hybridized carbons (Fsp3) is 0.250. The van der Waals surface area contributed by atoms with Gasteiger partial charge in [0.25, 0.3) is 0 Å². The van der Waals surface area contributed by atoms with Gasteiger partial charge in [0.2, 0.25) is 10.0 Å². The van der Waals surface area contributed by atoms with Crippen LogP contribution < -0.4 is 10.5 Å². The van der Waals surface area contributed by atoms with Crippen LogP contribution in [-0.2, 0) is 10.0 Å². The Bertz CT molecular complexity index is 755. The maximum Gasteiger partial charge on any atom is 0.241 e. The topological polar surface area (TPSA) is 72.2 Å². The molecule has 21 heavy (non-hydrogen) atoms. The highest BCUT2D eigenvalue weighted by Crippen LogP contribution is 2.23. The Morgan fingerprint density at radius 2 is 1.76 bits per heavy atom. The van der Waals surface area contributed by atoms with Crippen LogP contribution in [0.25, 0.3) is 0 Å². The van der Waals surface area contributed by atoms with Crippen molar-refractivity contribution in [2.75, 3.05) is 5.73 Å². The van der Waals surface area contributed by atoms with Gasteiger partial charge in [0, 0.05) is 11.7 Å². The third kappa shape index (κ3) is 3.43. The first kappa shape index (κ1) is 15.5. The number of nitrogens with two attached hydrogens (primary N) is 1. The predicted octanol–water partition coefficient (Wildman–Crippen LogP) is 2.93.